The molecular weight excluding hydrogens is 901 g/mol. The Balaban J connectivity index is 0.955. The third-order valence-corrected chi connectivity index (χ3v) is 14.3. The standard InChI is InChI=1S/C69H44N4O/c1-4-17-45(18-5-1)47-31-36-53(37-32-47)73(54-38-33-48(34-39-54)46-19-6-2-7-20-46)55-43-63(66-61-29-14-15-30-64(61)74-65(66)44-55)69-71-67(49-21-8-3-9-22-49)70-68(72-69)52-24-16-23-50(41-52)51-35-40-60-58-27-11-10-25-56(58)57-26-12-13-28-59(57)62(60)42-51/h1-44H. The number of benzene rings is 12. The molecular formula is C69H44N4O. The molecule has 14 aromatic rings. The van der Waals surface area contributed by atoms with Crippen molar-refractivity contribution in [2.45, 2.75) is 0 Å². The topological polar surface area (TPSA) is 55.1 Å². The second-order valence-electron chi connectivity index (χ2n) is 18.7. The zero-order valence-electron chi connectivity index (χ0n) is 40.1. The van der Waals surface area contributed by atoms with Crippen LogP contribution in [0, 0.1) is 0 Å². The normalized spacial score (nSPS) is 11.5. The van der Waals surface area contributed by atoms with E-state index < -0.39 is 0 Å². The highest BCUT2D eigenvalue weighted by Crippen LogP contribution is 2.45. The van der Waals surface area contributed by atoms with Gasteiger partial charge in [0.15, 0.2) is 17.5 Å². The predicted molar refractivity (Wildman–Crippen MR) is 307 cm³/mol. The lowest BCUT2D eigenvalue weighted by atomic mass is 9.92. The minimum absolute atomic E-state index is 0.542. The third-order valence-electron chi connectivity index (χ3n) is 14.3. The Bertz CT molecular complexity index is 4280. The first-order valence-electron chi connectivity index (χ1n) is 25.0. The summed E-state index contributed by atoms with van der Waals surface area (Å²) in [5, 5.41) is 9.38. The lowest BCUT2D eigenvalue weighted by molar-refractivity contribution is 0.669. The molecule has 346 valence electrons. The average molecular weight is 945 g/mol. The van der Waals surface area contributed by atoms with Gasteiger partial charge in [0.1, 0.15) is 11.2 Å². The molecule has 12 aromatic carbocycles. The van der Waals surface area contributed by atoms with E-state index in [-0.39, 0.29) is 0 Å². The average Bonchev–Trinajstić information content (AvgIpc) is 3.89. The van der Waals surface area contributed by atoms with Gasteiger partial charge < -0.3 is 9.32 Å². The van der Waals surface area contributed by atoms with Crippen molar-refractivity contribution in [1.29, 1.82) is 0 Å². The van der Waals surface area contributed by atoms with Crippen LogP contribution in [0.4, 0.5) is 17.1 Å². The van der Waals surface area contributed by atoms with Gasteiger partial charge in [-0.3, -0.25) is 0 Å². The molecule has 0 atom stereocenters. The first-order valence-corrected chi connectivity index (χ1v) is 25.0. The Labute approximate surface area is 428 Å². The van der Waals surface area contributed by atoms with Crippen LogP contribution >= 0.6 is 0 Å². The van der Waals surface area contributed by atoms with Crippen molar-refractivity contribution in [1.82, 2.24) is 15.0 Å². The van der Waals surface area contributed by atoms with Crippen molar-refractivity contribution >= 4 is 71.3 Å². The molecule has 5 heteroatoms. The Kier molecular flexibility index (Phi) is 10.4. The van der Waals surface area contributed by atoms with Crippen molar-refractivity contribution in [3.63, 3.8) is 0 Å². The van der Waals surface area contributed by atoms with Gasteiger partial charge in [0.25, 0.3) is 0 Å². The molecule has 0 aliphatic rings. The molecule has 0 fully saturated rings. The third kappa shape index (κ3) is 7.63. The van der Waals surface area contributed by atoms with E-state index in [2.05, 4.69) is 241 Å². The maximum absolute atomic E-state index is 6.81. The molecule has 0 N–H and O–H groups in total. The van der Waals surface area contributed by atoms with Gasteiger partial charge in [0.05, 0.1) is 5.69 Å². The van der Waals surface area contributed by atoms with Crippen molar-refractivity contribution < 1.29 is 4.42 Å². The van der Waals surface area contributed by atoms with Gasteiger partial charge in [-0.2, -0.15) is 0 Å². The molecule has 0 aliphatic carbocycles. The number of anilines is 3. The van der Waals surface area contributed by atoms with Crippen LogP contribution in [0.2, 0.25) is 0 Å². The Morgan fingerprint density at radius 3 is 1.26 bits per heavy atom. The van der Waals surface area contributed by atoms with Crippen molar-refractivity contribution in [3.05, 3.63) is 267 Å². The summed E-state index contributed by atoms with van der Waals surface area (Å²) in [6.45, 7) is 0. The number of fused-ring (bicyclic) bond motifs is 9. The monoisotopic (exact) mass is 944 g/mol. The fraction of sp³-hybridized carbons (Fsp3) is 0. The molecule has 0 saturated carbocycles. The van der Waals surface area contributed by atoms with E-state index in [0.29, 0.717) is 17.5 Å². The van der Waals surface area contributed by atoms with E-state index in [1.165, 1.54) is 32.3 Å². The lowest BCUT2D eigenvalue weighted by Crippen LogP contribution is -2.10. The van der Waals surface area contributed by atoms with Crippen LogP contribution < -0.4 is 4.90 Å². The molecule has 0 unspecified atom stereocenters. The minimum atomic E-state index is 0.542. The Hall–Kier alpha value is -9.97. The van der Waals surface area contributed by atoms with Crippen LogP contribution in [-0.4, -0.2) is 15.0 Å². The summed E-state index contributed by atoms with van der Waals surface area (Å²) in [5.41, 5.74) is 13.8. The molecule has 0 spiro atoms. The number of aromatic nitrogens is 3. The highest BCUT2D eigenvalue weighted by Gasteiger charge is 2.23. The second-order valence-corrected chi connectivity index (χ2v) is 18.7. The maximum Gasteiger partial charge on any atom is 0.164 e. The van der Waals surface area contributed by atoms with E-state index in [9.17, 15) is 0 Å². The summed E-state index contributed by atoms with van der Waals surface area (Å²) >= 11 is 0. The largest absolute Gasteiger partial charge is 0.456 e. The summed E-state index contributed by atoms with van der Waals surface area (Å²) in [6.07, 6.45) is 0. The first kappa shape index (κ1) is 42.9. The fourth-order valence-corrected chi connectivity index (χ4v) is 10.7. The number of hydrogen-bond donors (Lipinski definition) is 0. The number of hydrogen-bond acceptors (Lipinski definition) is 5. The van der Waals surface area contributed by atoms with Gasteiger partial charge in [0, 0.05) is 44.9 Å². The van der Waals surface area contributed by atoms with Crippen LogP contribution in [0.25, 0.3) is 122 Å². The van der Waals surface area contributed by atoms with Gasteiger partial charge in [0.2, 0.25) is 0 Å². The molecule has 0 saturated heterocycles. The Morgan fingerprint density at radius 1 is 0.243 bits per heavy atom. The number of nitrogens with zero attached hydrogens (tertiary/aromatic N) is 4. The van der Waals surface area contributed by atoms with E-state index in [0.717, 1.165) is 89.1 Å². The second kappa shape index (κ2) is 18.0. The van der Waals surface area contributed by atoms with Gasteiger partial charge in [-0.25, -0.2) is 15.0 Å². The summed E-state index contributed by atoms with van der Waals surface area (Å²) < 4.78 is 6.81. The van der Waals surface area contributed by atoms with Gasteiger partial charge in [-0.15, -0.1) is 0 Å². The van der Waals surface area contributed by atoms with E-state index in [4.69, 9.17) is 19.4 Å². The van der Waals surface area contributed by atoms with Gasteiger partial charge in [-0.1, -0.05) is 212 Å². The van der Waals surface area contributed by atoms with Crippen LogP contribution in [-0.2, 0) is 0 Å². The highest BCUT2D eigenvalue weighted by atomic mass is 16.3. The van der Waals surface area contributed by atoms with Gasteiger partial charge >= 0.3 is 0 Å². The molecule has 5 nitrogen and oxygen atoms in total. The zero-order chi connectivity index (χ0) is 49.0. The lowest BCUT2D eigenvalue weighted by Gasteiger charge is -2.26. The van der Waals surface area contributed by atoms with Crippen LogP contribution in [0.3, 0.4) is 0 Å². The predicted octanol–water partition coefficient (Wildman–Crippen LogP) is 18.7. The highest BCUT2D eigenvalue weighted by molar-refractivity contribution is 6.25. The molecule has 0 aliphatic heterocycles. The van der Waals surface area contributed by atoms with Crippen molar-refractivity contribution in [3.8, 4) is 67.5 Å². The number of furan rings is 1. The summed E-state index contributed by atoms with van der Waals surface area (Å²) in [4.78, 5) is 18.4. The van der Waals surface area contributed by atoms with E-state index >= 15 is 0 Å². The van der Waals surface area contributed by atoms with Crippen LogP contribution in [0.15, 0.2) is 271 Å². The molecule has 0 amide bonds. The smallest absolute Gasteiger partial charge is 0.164 e. The SMILES string of the molecule is c1ccc(-c2ccc(N(c3ccc(-c4ccccc4)cc3)c3cc(-c4nc(-c5ccccc5)nc(-c5cccc(-c6ccc7c8ccccc8c8ccccc8c7c6)c5)n4)c4c(c3)oc3ccccc34)cc2)cc1. The first-order chi connectivity index (χ1) is 36.7. The quantitative estimate of drug-likeness (QED) is 0.135. The Morgan fingerprint density at radius 2 is 0.662 bits per heavy atom. The molecule has 2 heterocycles. The molecule has 14 rings (SSSR count). The fourth-order valence-electron chi connectivity index (χ4n) is 10.7. The van der Waals surface area contributed by atoms with Crippen molar-refractivity contribution in [2.24, 2.45) is 0 Å². The van der Waals surface area contributed by atoms with E-state index in [1.54, 1.807) is 0 Å². The number of rotatable bonds is 9. The molecule has 0 radical (unpaired) electrons. The summed E-state index contributed by atoms with van der Waals surface area (Å²) in [7, 11) is 0. The number of para-hydroxylation sites is 1. The summed E-state index contributed by atoms with van der Waals surface area (Å²) in [6, 6.07) is 94.1. The molecule has 74 heavy (non-hydrogen) atoms. The molecule has 0 bridgehead atoms. The van der Waals surface area contributed by atoms with Gasteiger partial charge in [-0.05, 0) is 114 Å². The van der Waals surface area contributed by atoms with Crippen molar-refractivity contribution in [2.75, 3.05) is 4.90 Å². The van der Waals surface area contributed by atoms with E-state index in [1.807, 2.05) is 30.3 Å². The summed E-state index contributed by atoms with van der Waals surface area (Å²) in [5.74, 6) is 1.70. The minimum Gasteiger partial charge on any atom is -0.456 e. The molecule has 2 aromatic heterocycles. The van der Waals surface area contributed by atoms with Crippen LogP contribution in [0.1, 0.15) is 0 Å². The zero-order valence-corrected chi connectivity index (χ0v) is 40.1. The van der Waals surface area contributed by atoms with Crippen LogP contribution in [0.5, 0.6) is 0 Å². The maximum atomic E-state index is 6.81.